The fraction of sp³-hybridized carbons (Fsp3) is 0.350. The van der Waals surface area contributed by atoms with Crippen LogP contribution in [0, 0.1) is 0 Å². The highest BCUT2D eigenvalue weighted by Crippen LogP contribution is 2.29. The molecular weight excluding hydrogens is 468 g/mol. The summed E-state index contributed by atoms with van der Waals surface area (Å²) < 4.78 is 83.9. The Bertz CT molecular complexity index is 1090. The van der Waals surface area contributed by atoms with Crippen molar-refractivity contribution in [3.05, 3.63) is 48.3 Å². The lowest BCUT2D eigenvalue weighted by atomic mass is 10.2. The Hall–Kier alpha value is -3.55. The normalized spacial score (nSPS) is 15.9. The van der Waals surface area contributed by atoms with Gasteiger partial charge in [0.2, 0.25) is 11.9 Å². The lowest BCUT2D eigenvalue weighted by Gasteiger charge is -2.27. The van der Waals surface area contributed by atoms with Crippen LogP contribution in [0.3, 0.4) is 0 Å². The van der Waals surface area contributed by atoms with Gasteiger partial charge < -0.3 is 15.0 Å². The highest BCUT2D eigenvalue weighted by atomic mass is 19.4. The Kier molecular flexibility index (Phi) is 7.49. The molecule has 3 heterocycles. The van der Waals surface area contributed by atoms with Crippen LogP contribution >= 0.6 is 0 Å². The van der Waals surface area contributed by atoms with E-state index in [-0.39, 0.29) is 29.1 Å². The summed E-state index contributed by atoms with van der Waals surface area (Å²) in [7, 11) is 0.983. The third kappa shape index (κ3) is 6.27. The summed E-state index contributed by atoms with van der Waals surface area (Å²) in [5.74, 6) is -0.318. The van der Waals surface area contributed by atoms with Crippen molar-refractivity contribution in [2.24, 2.45) is 4.99 Å². The van der Waals surface area contributed by atoms with Gasteiger partial charge in [0.1, 0.15) is 17.1 Å². The monoisotopic (exact) mass is 487 g/mol. The SMILES string of the molecule is C=C/C(=C\C(=N/C)C(F)(F)F)Nc1nc(-c2cccc(C(F)(F)F)n2)nc(N2CCOCC2)n1. The predicted molar refractivity (Wildman–Crippen MR) is 112 cm³/mol. The van der Waals surface area contributed by atoms with Gasteiger partial charge in [-0.1, -0.05) is 12.6 Å². The van der Waals surface area contributed by atoms with Crippen molar-refractivity contribution in [2.45, 2.75) is 12.4 Å². The summed E-state index contributed by atoms with van der Waals surface area (Å²) in [6.45, 7) is 4.99. The number of morpholine rings is 1. The van der Waals surface area contributed by atoms with Gasteiger partial charge in [-0.05, 0) is 24.3 Å². The number of anilines is 2. The van der Waals surface area contributed by atoms with Gasteiger partial charge in [0.15, 0.2) is 5.82 Å². The maximum atomic E-state index is 13.1. The van der Waals surface area contributed by atoms with Crippen LogP contribution < -0.4 is 10.2 Å². The van der Waals surface area contributed by atoms with E-state index in [1.807, 2.05) is 0 Å². The molecule has 8 nitrogen and oxygen atoms in total. The van der Waals surface area contributed by atoms with Crippen LogP contribution in [0.1, 0.15) is 5.69 Å². The van der Waals surface area contributed by atoms with E-state index >= 15 is 0 Å². The number of aromatic nitrogens is 4. The van der Waals surface area contributed by atoms with Crippen molar-refractivity contribution in [1.82, 2.24) is 19.9 Å². The number of alkyl halides is 6. The van der Waals surface area contributed by atoms with E-state index < -0.39 is 23.8 Å². The largest absolute Gasteiger partial charge is 0.433 e. The fourth-order valence-electron chi connectivity index (χ4n) is 2.85. The molecule has 2 aromatic heterocycles. The lowest BCUT2D eigenvalue weighted by molar-refractivity contribution is -0.141. The highest BCUT2D eigenvalue weighted by molar-refractivity contribution is 6.00. The average molecular weight is 487 g/mol. The minimum absolute atomic E-state index is 0.0960. The highest BCUT2D eigenvalue weighted by Gasteiger charge is 2.34. The number of hydrogen-bond donors (Lipinski definition) is 1. The number of pyridine rings is 1. The van der Waals surface area contributed by atoms with Crippen LogP contribution in [0.4, 0.5) is 38.2 Å². The van der Waals surface area contributed by atoms with Crippen molar-refractivity contribution in [1.29, 1.82) is 0 Å². The zero-order valence-electron chi connectivity index (χ0n) is 17.8. The van der Waals surface area contributed by atoms with Gasteiger partial charge in [0.25, 0.3) is 0 Å². The third-order valence-electron chi connectivity index (χ3n) is 4.49. The fourth-order valence-corrected chi connectivity index (χ4v) is 2.85. The van der Waals surface area contributed by atoms with Crippen molar-refractivity contribution < 1.29 is 31.1 Å². The van der Waals surface area contributed by atoms with Crippen LogP contribution in [0.5, 0.6) is 0 Å². The zero-order chi connectivity index (χ0) is 24.9. The minimum Gasteiger partial charge on any atom is -0.378 e. The predicted octanol–water partition coefficient (Wildman–Crippen LogP) is 3.90. The van der Waals surface area contributed by atoms with Gasteiger partial charge in [-0.25, -0.2) is 4.98 Å². The Balaban J connectivity index is 2.06. The number of rotatable bonds is 6. The number of aliphatic imine (C=N–C) groups is 1. The molecule has 1 N–H and O–H groups in total. The molecule has 1 aliphatic heterocycles. The standard InChI is InChI=1S/C20H19F6N7O/c1-3-12(11-15(27-2)20(24,25)26)28-17-30-16(13-5-4-6-14(29-13)19(21,22)23)31-18(32-17)33-7-9-34-10-8-33/h3-6,11H,1,7-10H2,2H3,(H,28,30,31,32)/b12-11+,27-15+. The Morgan fingerprint density at radius 2 is 1.79 bits per heavy atom. The Morgan fingerprint density at radius 1 is 1.09 bits per heavy atom. The molecular formula is C20H19F6N7O. The number of nitrogens with one attached hydrogen (secondary N) is 1. The zero-order valence-corrected chi connectivity index (χ0v) is 17.8. The summed E-state index contributed by atoms with van der Waals surface area (Å²) in [6, 6.07) is 3.24. The van der Waals surface area contributed by atoms with Gasteiger partial charge in [0, 0.05) is 25.8 Å². The van der Waals surface area contributed by atoms with Gasteiger partial charge in [-0.15, -0.1) is 0 Å². The van der Waals surface area contributed by atoms with Crippen molar-refractivity contribution in [3.63, 3.8) is 0 Å². The molecule has 0 unspecified atom stereocenters. The molecule has 0 aliphatic carbocycles. The lowest BCUT2D eigenvalue weighted by Crippen LogP contribution is -2.37. The van der Waals surface area contributed by atoms with E-state index in [1.54, 1.807) is 4.90 Å². The second-order valence-electron chi connectivity index (χ2n) is 6.82. The number of hydrogen-bond acceptors (Lipinski definition) is 8. The van der Waals surface area contributed by atoms with Crippen molar-refractivity contribution >= 4 is 17.6 Å². The maximum absolute atomic E-state index is 13.1. The topological polar surface area (TPSA) is 88.4 Å². The van der Waals surface area contributed by atoms with Crippen LogP contribution in [-0.4, -0.2) is 65.2 Å². The van der Waals surface area contributed by atoms with E-state index in [4.69, 9.17) is 4.74 Å². The molecule has 2 aromatic rings. The van der Waals surface area contributed by atoms with E-state index in [1.165, 1.54) is 6.07 Å². The molecule has 1 saturated heterocycles. The first-order valence-electron chi connectivity index (χ1n) is 9.80. The van der Waals surface area contributed by atoms with Gasteiger partial charge in [-0.2, -0.15) is 41.3 Å². The second kappa shape index (κ2) is 10.2. The second-order valence-corrected chi connectivity index (χ2v) is 6.82. The summed E-state index contributed by atoms with van der Waals surface area (Å²) in [4.78, 5) is 21.0. The van der Waals surface area contributed by atoms with Gasteiger partial charge >= 0.3 is 12.4 Å². The van der Waals surface area contributed by atoms with Crippen LogP contribution in [0.2, 0.25) is 0 Å². The van der Waals surface area contributed by atoms with E-state index in [0.29, 0.717) is 32.4 Å². The van der Waals surface area contributed by atoms with Crippen LogP contribution in [0.25, 0.3) is 11.5 Å². The summed E-state index contributed by atoms with van der Waals surface area (Å²) in [5, 5.41) is 2.59. The molecule has 0 saturated carbocycles. The molecule has 14 heteroatoms. The van der Waals surface area contributed by atoms with E-state index in [9.17, 15) is 26.3 Å². The Labute approximate surface area is 190 Å². The molecule has 1 aliphatic rings. The number of nitrogens with zero attached hydrogens (tertiary/aromatic N) is 6. The van der Waals surface area contributed by atoms with Crippen LogP contribution in [-0.2, 0) is 10.9 Å². The van der Waals surface area contributed by atoms with E-state index in [0.717, 1.165) is 25.3 Å². The average Bonchev–Trinajstić information content (AvgIpc) is 2.80. The number of halogens is 6. The van der Waals surface area contributed by atoms with Crippen molar-refractivity contribution in [2.75, 3.05) is 43.6 Å². The quantitative estimate of drug-likeness (QED) is 0.376. The maximum Gasteiger partial charge on any atom is 0.433 e. The summed E-state index contributed by atoms with van der Waals surface area (Å²) in [6.07, 6.45) is -7.61. The van der Waals surface area contributed by atoms with Gasteiger partial charge in [-0.3, -0.25) is 4.99 Å². The number of allylic oxidation sites excluding steroid dienone is 2. The first-order valence-corrected chi connectivity index (χ1v) is 9.80. The molecule has 34 heavy (non-hydrogen) atoms. The van der Waals surface area contributed by atoms with Gasteiger partial charge in [0.05, 0.1) is 13.2 Å². The third-order valence-corrected chi connectivity index (χ3v) is 4.49. The first kappa shape index (κ1) is 25.1. The van der Waals surface area contributed by atoms with E-state index in [2.05, 4.69) is 36.8 Å². The molecule has 0 bridgehead atoms. The molecule has 0 radical (unpaired) electrons. The van der Waals surface area contributed by atoms with Crippen LogP contribution in [0.15, 0.2) is 47.6 Å². The molecule has 0 aromatic carbocycles. The first-order chi connectivity index (χ1) is 16.0. The molecule has 3 rings (SSSR count). The molecule has 0 amide bonds. The summed E-state index contributed by atoms with van der Waals surface area (Å²) >= 11 is 0. The summed E-state index contributed by atoms with van der Waals surface area (Å²) in [5.41, 5.74) is -2.66. The minimum atomic E-state index is -4.71. The molecule has 182 valence electrons. The molecule has 1 fully saturated rings. The Morgan fingerprint density at radius 3 is 2.38 bits per heavy atom. The smallest absolute Gasteiger partial charge is 0.378 e. The van der Waals surface area contributed by atoms with Crippen molar-refractivity contribution in [3.8, 4) is 11.5 Å². The molecule has 0 spiro atoms. The molecule has 0 atom stereocenters. The number of ether oxygens (including phenoxy) is 1.